The van der Waals surface area contributed by atoms with Crippen molar-refractivity contribution in [3.63, 3.8) is 0 Å². The number of carbonyl (C=O) groups excluding carboxylic acids is 1. The third-order valence-electron chi connectivity index (χ3n) is 2.64. The van der Waals surface area contributed by atoms with Gasteiger partial charge in [0.2, 0.25) is 0 Å². The SMILES string of the molecule is COC(=O)N(C)Cc1ccc(C(F)(F)F)cc1C(F)(F)F. The van der Waals surface area contributed by atoms with Gasteiger partial charge in [-0.3, -0.25) is 0 Å². The van der Waals surface area contributed by atoms with Crippen molar-refractivity contribution in [1.29, 1.82) is 0 Å². The van der Waals surface area contributed by atoms with Gasteiger partial charge in [-0.2, -0.15) is 26.3 Å². The predicted octanol–water partition coefficient (Wildman–Crippen LogP) is 3.92. The Morgan fingerprint density at radius 3 is 2.14 bits per heavy atom. The van der Waals surface area contributed by atoms with Crippen LogP contribution in [0.3, 0.4) is 0 Å². The molecular weight excluding hydrogens is 304 g/mol. The van der Waals surface area contributed by atoms with E-state index >= 15 is 0 Å². The van der Waals surface area contributed by atoms with Gasteiger partial charge in [-0.1, -0.05) is 6.07 Å². The number of hydrogen-bond acceptors (Lipinski definition) is 2. The van der Waals surface area contributed by atoms with Crippen molar-refractivity contribution in [3.8, 4) is 0 Å². The molecule has 0 fully saturated rings. The number of ether oxygens (including phenoxy) is 1. The fourth-order valence-electron chi connectivity index (χ4n) is 1.63. The van der Waals surface area contributed by atoms with E-state index in [-0.39, 0.29) is 6.07 Å². The molecule has 0 heterocycles. The van der Waals surface area contributed by atoms with Crippen molar-refractivity contribution in [3.05, 3.63) is 34.9 Å². The molecular formula is C12H11F6NO2. The second kappa shape index (κ2) is 5.82. The molecule has 9 heteroatoms. The molecule has 0 aliphatic rings. The summed E-state index contributed by atoms with van der Waals surface area (Å²) < 4.78 is 80.3. The van der Waals surface area contributed by atoms with Crippen LogP contribution in [0.4, 0.5) is 31.1 Å². The average Bonchev–Trinajstić information content (AvgIpc) is 2.35. The quantitative estimate of drug-likeness (QED) is 0.774. The number of benzene rings is 1. The topological polar surface area (TPSA) is 29.5 Å². The monoisotopic (exact) mass is 315 g/mol. The fraction of sp³-hybridized carbons (Fsp3) is 0.417. The maximum Gasteiger partial charge on any atom is 0.416 e. The summed E-state index contributed by atoms with van der Waals surface area (Å²) in [6.07, 6.45) is -10.7. The van der Waals surface area contributed by atoms with Crippen molar-refractivity contribution >= 4 is 6.09 Å². The van der Waals surface area contributed by atoms with Crippen molar-refractivity contribution in [1.82, 2.24) is 4.90 Å². The summed E-state index contributed by atoms with van der Waals surface area (Å²) in [6.45, 7) is -0.528. The van der Waals surface area contributed by atoms with Gasteiger partial charge in [0.25, 0.3) is 0 Å². The summed E-state index contributed by atoms with van der Waals surface area (Å²) in [5.41, 5.74) is -3.30. The zero-order chi connectivity index (χ0) is 16.4. The molecule has 21 heavy (non-hydrogen) atoms. The molecule has 0 aliphatic carbocycles. The van der Waals surface area contributed by atoms with E-state index in [9.17, 15) is 31.1 Å². The molecule has 1 amide bonds. The zero-order valence-electron chi connectivity index (χ0n) is 11.0. The Labute approximate surface area is 116 Å². The van der Waals surface area contributed by atoms with Gasteiger partial charge in [0.05, 0.1) is 18.2 Å². The normalized spacial score (nSPS) is 12.2. The summed E-state index contributed by atoms with van der Waals surface area (Å²) in [5, 5.41) is 0. The lowest BCUT2D eigenvalue weighted by atomic mass is 10.0. The Bertz CT molecular complexity index is 523. The lowest BCUT2D eigenvalue weighted by Crippen LogP contribution is -2.27. The first kappa shape index (κ1) is 17.1. The number of methoxy groups -OCH3 is 1. The van der Waals surface area contributed by atoms with E-state index in [1.807, 2.05) is 0 Å². The molecule has 0 aromatic heterocycles. The fourth-order valence-corrected chi connectivity index (χ4v) is 1.63. The first-order chi connectivity index (χ1) is 9.46. The summed E-state index contributed by atoms with van der Waals surface area (Å²) in [6, 6.07) is 1.27. The van der Waals surface area contributed by atoms with E-state index in [1.54, 1.807) is 0 Å². The van der Waals surface area contributed by atoms with Crippen LogP contribution < -0.4 is 0 Å². The van der Waals surface area contributed by atoms with Gasteiger partial charge in [0.15, 0.2) is 0 Å². The average molecular weight is 315 g/mol. The molecule has 1 aromatic carbocycles. The van der Waals surface area contributed by atoms with Crippen molar-refractivity contribution in [2.75, 3.05) is 14.2 Å². The van der Waals surface area contributed by atoms with Crippen molar-refractivity contribution < 1.29 is 35.9 Å². The largest absolute Gasteiger partial charge is 0.453 e. The molecule has 0 saturated carbocycles. The molecule has 1 rings (SSSR count). The summed E-state index contributed by atoms with van der Waals surface area (Å²) in [5.74, 6) is 0. The van der Waals surface area contributed by atoms with E-state index in [1.165, 1.54) is 7.05 Å². The van der Waals surface area contributed by atoms with Crippen LogP contribution in [0.5, 0.6) is 0 Å². The number of alkyl halides is 6. The molecule has 0 atom stereocenters. The van der Waals surface area contributed by atoms with E-state index in [0.29, 0.717) is 12.1 Å². The summed E-state index contributed by atoms with van der Waals surface area (Å²) in [4.78, 5) is 12.0. The van der Waals surface area contributed by atoms with E-state index in [0.717, 1.165) is 12.0 Å². The van der Waals surface area contributed by atoms with E-state index in [2.05, 4.69) is 4.74 Å². The van der Waals surface area contributed by atoms with Gasteiger partial charge in [-0.25, -0.2) is 4.79 Å². The Morgan fingerprint density at radius 2 is 1.71 bits per heavy atom. The second-order valence-electron chi connectivity index (χ2n) is 4.19. The van der Waals surface area contributed by atoms with Crippen LogP contribution in [0.1, 0.15) is 16.7 Å². The number of carbonyl (C=O) groups is 1. The van der Waals surface area contributed by atoms with Crippen LogP contribution in [0.2, 0.25) is 0 Å². The third-order valence-corrected chi connectivity index (χ3v) is 2.64. The van der Waals surface area contributed by atoms with Crippen molar-refractivity contribution in [2.24, 2.45) is 0 Å². The van der Waals surface area contributed by atoms with Gasteiger partial charge in [-0.05, 0) is 17.7 Å². The lowest BCUT2D eigenvalue weighted by Gasteiger charge is -2.20. The molecule has 0 bridgehead atoms. The zero-order valence-corrected chi connectivity index (χ0v) is 11.0. The van der Waals surface area contributed by atoms with Gasteiger partial charge < -0.3 is 9.64 Å². The van der Waals surface area contributed by atoms with Gasteiger partial charge >= 0.3 is 18.4 Å². The highest BCUT2D eigenvalue weighted by Crippen LogP contribution is 2.37. The summed E-state index contributed by atoms with van der Waals surface area (Å²) >= 11 is 0. The highest BCUT2D eigenvalue weighted by atomic mass is 19.4. The second-order valence-corrected chi connectivity index (χ2v) is 4.19. The van der Waals surface area contributed by atoms with Crippen LogP contribution in [-0.2, 0) is 23.6 Å². The maximum absolute atomic E-state index is 12.8. The molecule has 1 aromatic rings. The number of rotatable bonds is 2. The highest BCUT2D eigenvalue weighted by molar-refractivity contribution is 5.67. The minimum absolute atomic E-state index is 0.0282. The lowest BCUT2D eigenvalue weighted by molar-refractivity contribution is -0.143. The number of halogens is 6. The Balaban J connectivity index is 3.24. The maximum atomic E-state index is 12.8. The molecule has 0 unspecified atom stereocenters. The number of nitrogens with zero attached hydrogens (tertiary/aromatic N) is 1. The minimum atomic E-state index is -4.96. The molecule has 0 N–H and O–H groups in total. The van der Waals surface area contributed by atoms with Gasteiger partial charge in [-0.15, -0.1) is 0 Å². The number of amides is 1. The molecule has 0 saturated heterocycles. The molecule has 0 radical (unpaired) electrons. The smallest absolute Gasteiger partial charge is 0.416 e. The predicted molar refractivity (Wildman–Crippen MR) is 60.3 cm³/mol. The van der Waals surface area contributed by atoms with Crippen LogP contribution in [-0.4, -0.2) is 25.2 Å². The molecule has 118 valence electrons. The van der Waals surface area contributed by atoms with Crippen LogP contribution in [0.25, 0.3) is 0 Å². The Morgan fingerprint density at radius 1 is 1.14 bits per heavy atom. The van der Waals surface area contributed by atoms with Gasteiger partial charge in [0, 0.05) is 13.6 Å². The van der Waals surface area contributed by atoms with Gasteiger partial charge in [0.1, 0.15) is 0 Å². The van der Waals surface area contributed by atoms with E-state index < -0.39 is 41.7 Å². The van der Waals surface area contributed by atoms with E-state index in [4.69, 9.17) is 0 Å². The van der Waals surface area contributed by atoms with Crippen LogP contribution in [0.15, 0.2) is 18.2 Å². The molecule has 3 nitrogen and oxygen atoms in total. The molecule has 0 aliphatic heterocycles. The van der Waals surface area contributed by atoms with Crippen molar-refractivity contribution in [2.45, 2.75) is 18.9 Å². The standard InChI is InChI=1S/C12H11F6NO2/c1-19(10(20)21-2)6-7-3-4-8(11(13,14)15)5-9(7)12(16,17)18/h3-5H,6H2,1-2H3. The molecule has 0 spiro atoms. The Hall–Kier alpha value is -1.93. The first-order valence-corrected chi connectivity index (χ1v) is 5.53. The first-order valence-electron chi connectivity index (χ1n) is 5.53. The Kier molecular flexibility index (Phi) is 4.75. The van der Waals surface area contributed by atoms with Crippen LogP contribution in [0, 0.1) is 0 Å². The number of hydrogen-bond donors (Lipinski definition) is 0. The third kappa shape index (κ3) is 4.27. The highest BCUT2D eigenvalue weighted by Gasteiger charge is 2.38. The summed E-state index contributed by atoms with van der Waals surface area (Å²) in [7, 11) is 2.21. The minimum Gasteiger partial charge on any atom is -0.453 e. The van der Waals surface area contributed by atoms with Crippen LogP contribution >= 0.6 is 0 Å².